The monoisotopic (exact) mass is 294 g/mol. The van der Waals surface area contributed by atoms with Crippen LogP contribution in [-0.4, -0.2) is 46.7 Å². The fraction of sp³-hybridized carbons (Fsp3) is 0.357. The number of carboxylic acid groups (broad SMARTS) is 1. The summed E-state index contributed by atoms with van der Waals surface area (Å²) >= 11 is 0. The van der Waals surface area contributed by atoms with E-state index >= 15 is 0 Å². The van der Waals surface area contributed by atoms with E-state index in [-0.39, 0.29) is 13.0 Å². The van der Waals surface area contributed by atoms with Crippen LogP contribution in [0.3, 0.4) is 0 Å². The number of aliphatic carboxylic acids is 1. The lowest BCUT2D eigenvalue weighted by atomic mass is 10.1. The number of rotatable bonds is 7. The number of aliphatic hydroxyl groups excluding tert-OH is 1. The van der Waals surface area contributed by atoms with E-state index in [1.807, 2.05) is 0 Å². The molecule has 0 saturated heterocycles. The maximum Gasteiger partial charge on any atom is 0.326 e. The van der Waals surface area contributed by atoms with E-state index in [2.05, 4.69) is 10.6 Å². The van der Waals surface area contributed by atoms with Gasteiger partial charge in [-0.05, 0) is 19.1 Å². The summed E-state index contributed by atoms with van der Waals surface area (Å²) in [5.74, 6) is -2.29. The molecule has 2 atom stereocenters. The number of benzene rings is 1. The van der Waals surface area contributed by atoms with Crippen LogP contribution in [-0.2, 0) is 9.59 Å². The minimum atomic E-state index is -1.24. The van der Waals surface area contributed by atoms with Crippen molar-refractivity contribution in [3.63, 3.8) is 0 Å². The van der Waals surface area contributed by atoms with Crippen molar-refractivity contribution < 1.29 is 24.6 Å². The van der Waals surface area contributed by atoms with Crippen molar-refractivity contribution in [3.8, 4) is 0 Å². The summed E-state index contributed by atoms with van der Waals surface area (Å²) in [6.45, 7) is 1.09. The number of nitrogens with one attached hydrogen (secondary N) is 2. The fourth-order valence-electron chi connectivity index (χ4n) is 1.62. The van der Waals surface area contributed by atoms with Crippen LogP contribution in [0.4, 0.5) is 0 Å². The van der Waals surface area contributed by atoms with Crippen LogP contribution in [0.15, 0.2) is 30.3 Å². The fourth-order valence-corrected chi connectivity index (χ4v) is 1.62. The van der Waals surface area contributed by atoms with Gasteiger partial charge in [0.1, 0.15) is 12.1 Å². The normalized spacial score (nSPS) is 13.0. The Hall–Kier alpha value is -2.41. The zero-order valence-corrected chi connectivity index (χ0v) is 11.6. The van der Waals surface area contributed by atoms with Gasteiger partial charge in [-0.25, -0.2) is 4.79 Å². The molecule has 0 saturated carbocycles. The van der Waals surface area contributed by atoms with Gasteiger partial charge in [-0.15, -0.1) is 0 Å². The van der Waals surface area contributed by atoms with Crippen LogP contribution in [0.5, 0.6) is 0 Å². The summed E-state index contributed by atoms with van der Waals surface area (Å²) in [6, 6.07) is 6.29. The molecule has 0 aliphatic carbocycles. The molecule has 7 heteroatoms. The molecule has 1 aromatic rings. The van der Waals surface area contributed by atoms with Crippen molar-refractivity contribution in [3.05, 3.63) is 35.9 Å². The molecule has 1 rings (SSSR count). The zero-order chi connectivity index (χ0) is 15.8. The van der Waals surface area contributed by atoms with Gasteiger partial charge >= 0.3 is 5.97 Å². The van der Waals surface area contributed by atoms with Gasteiger partial charge in [-0.2, -0.15) is 0 Å². The topological polar surface area (TPSA) is 116 Å². The lowest BCUT2D eigenvalue weighted by Crippen LogP contribution is -2.50. The molecule has 0 bridgehead atoms. The first kappa shape index (κ1) is 16.6. The largest absolute Gasteiger partial charge is 0.480 e. The zero-order valence-electron chi connectivity index (χ0n) is 11.6. The molecular weight excluding hydrogens is 276 g/mol. The van der Waals surface area contributed by atoms with E-state index in [0.29, 0.717) is 5.56 Å². The molecule has 0 aromatic heterocycles. The van der Waals surface area contributed by atoms with Crippen LogP contribution in [0.25, 0.3) is 0 Å². The molecule has 0 radical (unpaired) electrons. The van der Waals surface area contributed by atoms with Crippen molar-refractivity contribution in [1.29, 1.82) is 0 Å². The third-order valence-electron chi connectivity index (χ3n) is 2.81. The first-order valence-corrected chi connectivity index (χ1v) is 6.45. The van der Waals surface area contributed by atoms with E-state index in [9.17, 15) is 14.4 Å². The summed E-state index contributed by atoms with van der Waals surface area (Å²) in [7, 11) is 0. The highest BCUT2D eigenvalue weighted by atomic mass is 16.4. The molecule has 0 aliphatic heterocycles. The summed E-state index contributed by atoms with van der Waals surface area (Å²) in [4.78, 5) is 34.6. The van der Waals surface area contributed by atoms with E-state index in [1.54, 1.807) is 30.3 Å². The molecule has 1 unspecified atom stereocenters. The van der Waals surface area contributed by atoms with Crippen LogP contribution >= 0.6 is 0 Å². The molecule has 114 valence electrons. The Kier molecular flexibility index (Phi) is 6.35. The van der Waals surface area contributed by atoms with Gasteiger partial charge in [0, 0.05) is 18.6 Å². The molecule has 0 aliphatic rings. The van der Waals surface area contributed by atoms with E-state index in [1.165, 1.54) is 6.92 Å². The maximum absolute atomic E-state index is 11.9. The van der Waals surface area contributed by atoms with Crippen LogP contribution < -0.4 is 10.6 Å². The molecule has 21 heavy (non-hydrogen) atoms. The van der Waals surface area contributed by atoms with Gasteiger partial charge in [-0.3, -0.25) is 9.59 Å². The Balaban J connectivity index is 2.58. The minimum absolute atomic E-state index is 0.0968. The molecule has 0 spiro atoms. The number of carbonyl (C=O) groups is 3. The number of hydrogen-bond acceptors (Lipinski definition) is 4. The number of carboxylic acids is 1. The lowest BCUT2D eigenvalue weighted by molar-refractivity contribution is -0.142. The number of amides is 2. The molecule has 1 aromatic carbocycles. The average Bonchev–Trinajstić information content (AvgIpc) is 2.47. The second kappa shape index (κ2) is 8.01. The summed E-state index contributed by atoms with van der Waals surface area (Å²) in [5, 5.41) is 22.4. The first-order chi connectivity index (χ1) is 9.95. The van der Waals surface area contributed by atoms with Gasteiger partial charge in [0.25, 0.3) is 5.91 Å². The van der Waals surface area contributed by atoms with Crippen molar-refractivity contribution in [2.24, 2.45) is 0 Å². The molecule has 4 N–H and O–H groups in total. The van der Waals surface area contributed by atoms with E-state index in [0.717, 1.165) is 0 Å². The second-order valence-corrected chi connectivity index (χ2v) is 4.47. The van der Waals surface area contributed by atoms with Crippen molar-refractivity contribution in [2.75, 3.05) is 6.61 Å². The Bertz CT molecular complexity index is 503. The minimum Gasteiger partial charge on any atom is -0.480 e. The van der Waals surface area contributed by atoms with Crippen molar-refractivity contribution in [2.45, 2.75) is 25.4 Å². The number of carbonyl (C=O) groups excluding carboxylic acids is 2. The summed E-state index contributed by atoms with van der Waals surface area (Å²) in [6.07, 6.45) is -0.0968. The summed E-state index contributed by atoms with van der Waals surface area (Å²) < 4.78 is 0. The van der Waals surface area contributed by atoms with Crippen LogP contribution in [0.2, 0.25) is 0 Å². The standard InChI is InChI=1S/C14H18N2O5/c1-9(12(18)16-11(7-8-17)14(20)21)15-13(19)10-5-3-2-4-6-10/h2-6,9,11,17H,7-8H2,1H3,(H,15,19)(H,16,18)(H,20,21)/t9?,11-/m0/s1. The lowest BCUT2D eigenvalue weighted by Gasteiger charge is -2.18. The van der Waals surface area contributed by atoms with Crippen molar-refractivity contribution in [1.82, 2.24) is 10.6 Å². The van der Waals surface area contributed by atoms with Gasteiger partial charge in [0.2, 0.25) is 5.91 Å². The Labute approximate surface area is 122 Å². The van der Waals surface area contributed by atoms with Gasteiger partial charge < -0.3 is 20.8 Å². The number of hydrogen-bond donors (Lipinski definition) is 4. The van der Waals surface area contributed by atoms with Gasteiger partial charge in [-0.1, -0.05) is 18.2 Å². The predicted octanol–water partition coefficient (Wildman–Crippen LogP) is -0.243. The number of aliphatic hydroxyl groups is 1. The van der Waals surface area contributed by atoms with Crippen molar-refractivity contribution >= 4 is 17.8 Å². The smallest absolute Gasteiger partial charge is 0.326 e. The maximum atomic E-state index is 11.9. The van der Waals surface area contributed by atoms with Crippen LogP contribution in [0.1, 0.15) is 23.7 Å². The average molecular weight is 294 g/mol. The second-order valence-electron chi connectivity index (χ2n) is 4.47. The first-order valence-electron chi connectivity index (χ1n) is 6.45. The third kappa shape index (κ3) is 5.23. The SMILES string of the molecule is CC(NC(=O)c1ccccc1)C(=O)N[C@@H](CCO)C(=O)O. The van der Waals surface area contributed by atoms with E-state index < -0.39 is 29.9 Å². The molecule has 0 heterocycles. The molecule has 2 amide bonds. The van der Waals surface area contributed by atoms with Gasteiger partial charge in [0.05, 0.1) is 0 Å². The predicted molar refractivity (Wildman–Crippen MR) is 74.6 cm³/mol. The molecular formula is C14H18N2O5. The highest BCUT2D eigenvalue weighted by Gasteiger charge is 2.23. The highest BCUT2D eigenvalue weighted by Crippen LogP contribution is 1.99. The molecule has 7 nitrogen and oxygen atoms in total. The highest BCUT2D eigenvalue weighted by molar-refractivity contribution is 5.97. The Morgan fingerprint density at radius 3 is 2.29 bits per heavy atom. The molecule has 0 fully saturated rings. The Morgan fingerprint density at radius 2 is 1.76 bits per heavy atom. The Morgan fingerprint density at radius 1 is 1.14 bits per heavy atom. The quantitative estimate of drug-likeness (QED) is 0.554. The summed E-state index contributed by atoms with van der Waals surface area (Å²) in [5.41, 5.74) is 0.405. The van der Waals surface area contributed by atoms with E-state index in [4.69, 9.17) is 10.2 Å². The van der Waals surface area contributed by atoms with Gasteiger partial charge in [0.15, 0.2) is 0 Å². The van der Waals surface area contributed by atoms with Crippen LogP contribution in [0, 0.1) is 0 Å². The third-order valence-corrected chi connectivity index (χ3v) is 2.81.